The molecule has 0 radical (unpaired) electrons. The molecule has 0 fully saturated rings. The summed E-state index contributed by atoms with van der Waals surface area (Å²) < 4.78 is 18.0. The van der Waals surface area contributed by atoms with Crippen LogP contribution in [0.3, 0.4) is 0 Å². The molecule has 1 aromatic carbocycles. The van der Waals surface area contributed by atoms with Gasteiger partial charge in [0.05, 0.1) is 6.42 Å². The molecule has 2 aromatic rings. The summed E-state index contributed by atoms with van der Waals surface area (Å²) in [4.78, 5) is 15.6. The Kier molecular flexibility index (Phi) is 4.39. The van der Waals surface area contributed by atoms with Crippen LogP contribution in [0.1, 0.15) is 37.0 Å². The number of nitrogens with zero attached hydrogens (tertiary/aromatic N) is 2. The first-order valence-electron chi connectivity index (χ1n) is 6.25. The molecular formula is C14H15FN2O2. The molecule has 0 aliphatic heterocycles. The Bertz CT molecular complexity index is 566. The maximum Gasteiger partial charge on any atom is 0.234 e. The van der Waals surface area contributed by atoms with Crippen molar-refractivity contribution in [2.75, 3.05) is 0 Å². The lowest BCUT2D eigenvalue weighted by Gasteiger charge is -1.96. The molecule has 1 heterocycles. The molecule has 1 aromatic heterocycles. The number of aromatic nitrogens is 2. The van der Waals surface area contributed by atoms with Crippen LogP contribution in [0.15, 0.2) is 28.8 Å². The first-order valence-corrected chi connectivity index (χ1v) is 6.25. The second-order valence-electron chi connectivity index (χ2n) is 4.38. The van der Waals surface area contributed by atoms with Gasteiger partial charge in [0.25, 0.3) is 0 Å². The molecule has 0 aliphatic rings. The first-order chi connectivity index (χ1) is 9.17. The van der Waals surface area contributed by atoms with E-state index >= 15 is 0 Å². The topological polar surface area (TPSA) is 56.0 Å². The minimum Gasteiger partial charge on any atom is -0.339 e. The number of hydrogen-bond donors (Lipinski definition) is 0. The second kappa shape index (κ2) is 6.22. The van der Waals surface area contributed by atoms with Crippen molar-refractivity contribution in [3.8, 4) is 0 Å². The molecule has 0 N–H and O–H groups in total. The number of ketones is 1. The summed E-state index contributed by atoms with van der Waals surface area (Å²) in [6, 6.07) is 6.24. The average molecular weight is 262 g/mol. The van der Waals surface area contributed by atoms with Crippen molar-refractivity contribution in [3.63, 3.8) is 0 Å². The zero-order valence-corrected chi connectivity index (χ0v) is 10.7. The average Bonchev–Trinajstić information content (AvgIpc) is 2.76. The highest BCUT2D eigenvalue weighted by molar-refractivity contribution is 5.79. The minimum absolute atomic E-state index is 0.0865. The Morgan fingerprint density at radius 2 is 2.26 bits per heavy atom. The molecule has 0 unspecified atom stereocenters. The van der Waals surface area contributed by atoms with E-state index in [4.69, 9.17) is 4.52 Å². The van der Waals surface area contributed by atoms with Crippen LogP contribution in [0.5, 0.6) is 0 Å². The summed E-state index contributed by atoms with van der Waals surface area (Å²) >= 11 is 0. The Balaban J connectivity index is 1.99. The lowest BCUT2D eigenvalue weighted by Crippen LogP contribution is -2.02. The van der Waals surface area contributed by atoms with Crippen molar-refractivity contribution in [2.45, 2.75) is 32.6 Å². The molecule has 0 atom stereocenters. The fourth-order valence-electron chi connectivity index (χ4n) is 1.80. The molecule has 0 aliphatic carbocycles. The molecule has 0 saturated heterocycles. The van der Waals surface area contributed by atoms with Gasteiger partial charge in [-0.05, 0) is 24.1 Å². The first kappa shape index (κ1) is 13.4. The molecule has 100 valence electrons. The maximum absolute atomic E-state index is 13.0. The van der Waals surface area contributed by atoms with E-state index in [-0.39, 0.29) is 18.0 Å². The highest BCUT2D eigenvalue weighted by Crippen LogP contribution is 2.09. The Morgan fingerprint density at radius 1 is 1.42 bits per heavy atom. The van der Waals surface area contributed by atoms with E-state index in [9.17, 15) is 9.18 Å². The lowest BCUT2D eigenvalue weighted by atomic mass is 10.1. The van der Waals surface area contributed by atoms with Gasteiger partial charge in [0.2, 0.25) is 5.89 Å². The zero-order valence-electron chi connectivity index (χ0n) is 10.7. The van der Waals surface area contributed by atoms with Crippen LogP contribution >= 0.6 is 0 Å². The monoisotopic (exact) mass is 262 g/mol. The fraction of sp³-hybridized carbons (Fsp3) is 0.357. The number of rotatable bonds is 6. The second-order valence-corrected chi connectivity index (χ2v) is 4.38. The Morgan fingerprint density at radius 3 is 3.00 bits per heavy atom. The van der Waals surface area contributed by atoms with Crippen molar-refractivity contribution in [2.24, 2.45) is 0 Å². The van der Waals surface area contributed by atoms with E-state index in [0.717, 1.165) is 12.0 Å². The third-order valence-electron chi connectivity index (χ3n) is 2.64. The molecule has 0 bridgehead atoms. The summed E-state index contributed by atoms with van der Waals surface area (Å²) in [5, 5.41) is 3.79. The molecule has 0 saturated carbocycles. The summed E-state index contributed by atoms with van der Waals surface area (Å²) in [5.41, 5.74) is 0.771. The standard InChI is InChI=1S/C14H15FN2O2/c1-2-4-12(18)9-14-16-13(17-19-14)8-10-5-3-6-11(15)7-10/h3,5-7H,2,4,8-9H2,1H3. The highest BCUT2D eigenvalue weighted by atomic mass is 19.1. The molecule has 2 rings (SSSR count). The Hall–Kier alpha value is -2.04. The van der Waals surface area contributed by atoms with E-state index in [2.05, 4.69) is 10.1 Å². The van der Waals surface area contributed by atoms with E-state index in [1.165, 1.54) is 12.1 Å². The highest BCUT2D eigenvalue weighted by Gasteiger charge is 2.11. The number of Topliss-reactive ketones (excluding diaryl/α,β-unsaturated/α-hetero) is 1. The van der Waals surface area contributed by atoms with Crippen molar-refractivity contribution in [3.05, 3.63) is 47.4 Å². The predicted octanol–water partition coefficient (Wildman–Crippen LogP) is 2.71. The van der Waals surface area contributed by atoms with Crippen LogP contribution < -0.4 is 0 Å². The van der Waals surface area contributed by atoms with Crippen molar-refractivity contribution < 1.29 is 13.7 Å². The number of carbonyl (C=O) groups excluding carboxylic acids is 1. The normalized spacial score (nSPS) is 10.6. The zero-order chi connectivity index (χ0) is 13.7. The van der Waals surface area contributed by atoms with Crippen molar-refractivity contribution in [1.82, 2.24) is 10.1 Å². The summed E-state index contributed by atoms with van der Waals surface area (Å²) in [5.74, 6) is 0.581. The van der Waals surface area contributed by atoms with Crippen LogP contribution in [0.2, 0.25) is 0 Å². The number of benzene rings is 1. The van der Waals surface area contributed by atoms with Crippen LogP contribution in [-0.4, -0.2) is 15.9 Å². The lowest BCUT2D eigenvalue weighted by molar-refractivity contribution is -0.118. The van der Waals surface area contributed by atoms with Crippen LogP contribution in [0, 0.1) is 5.82 Å². The van der Waals surface area contributed by atoms with Gasteiger partial charge in [-0.3, -0.25) is 4.79 Å². The van der Waals surface area contributed by atoms with Gasteiger partial charge in [0, 0.05) is 12.8 Å². The van der Waals surface area contributed by atoms with Gasteiger partial charge in [-0.1, -0.05) is 24.2 Å². The van der Waals surface area contributed by atoms with E-state index in [0.29, 0.717) is 24.6 Å². The summed E-state index contributed by atoms with van der Waals surface area (Å²) in [6.45, 7) is 1.95. The predicted molar refractivity (Wildman–Crippen MR) is 67.1 cm³/mol. The quantitative estimate of drug-likeness (QED) is 0.803. The maximum atomic E-state index is 13.0. The van der Waals surface area contributed by atoms with Gasteiger partial charge in [-0.2, -0.15) is 4.98 Å². The molecule has 4 nitrogen and oxygen atoms in total. The van der Waals surface area contributed by atoms with Gasteiger partial charge in [-0.25, -0.2) is 4.39 Å². The third kappa shape index (κ3) is 3.98. The van der Waals surface area contributed by atoms with Gasteiger partial charge >= 0.3 is 0 Å². The van der Waals surface area contributed by atoms with Gasteiger partial charge < -0.3 is 4.52 Å². The van der Waals surface area contributed by atoms with Gasteiger partial charge in [0.1, 0.15) is 11.6 Å². The molecule has 19 heavy (non-hydrogen) atoms. The number of hydrogen-bond acceptors (Lipinski definition) is 4. The number of carbonyl (C=O) groups is 1. The third-order valence-corrected chi connectivity index (χ3v) is 2.64. The largest absolute Gasteiger partial charge is 0.339 e. The van der Waals surface area contributed by atoms with E-state index in [1.807, 2.05) is 6.92 Å². The van der Waals surface area contributed by atoms with Crippen molar-refractivity contribution >= 4 is 5.78 Å². The molecule has 0 spiro atoms. The Labute approximate surface area is 110 Å². The fourth-order valence-corrected chi connectivity index (χ4v) is 1.80. The van der Waals surface area contributed by atoms with Crippen LogP contribution in [0.4, 0.5) is 4.39 Å². The van der Waals surface area contributed by atoms with Crippen LogP contribution in [-0.2, 0) is 17.6 Å². The van der Waals surface area contributed by atoms with Gasteiger partial charge in [-0.15, -0.1) is 0 Å². The SMILES string of the molecule is CCCC(=O)Cc1nc(Cc2cccc(F)c2)no1. The summed E-state index contributed by atoms with van der Waals surface area (Å²) in [6.07, 6.45) is 1.89. The minimum atomic E-state index is -0.292. The molecule has 5 heteroatoms. The van der Waals surface area contributed by atoms with Gasteiger partial charge in [0.15, 0.2) is 5.82 Å². The van der Waals surface area contributed by atoms with E-state index in [1.54, 1.807) is 12.1 Å². The molecular weight excluding hydrogens is 247 g/mol. The summed E-state index contributed by atoms with van der Waals surface area (Å²) in [7, 11) is 0. The smallest absolute Gasteiger partial charge is 0.234 e. The van der Waals surface area contributed by atoms with Crippen LogP contribution in [0.25, 0.3) is 0 Å². The van der Waals surface area contributed by atoms with Crippen molar-refractivity contribution in [1.29, 1.82) is 0 Å². The van der Waals surface area contributed by atoms with E-state index < -0.39 is 0 Å². The molecule has 0 amide bonds. The number of halogens is 1.